The van der Waals surface area contributed by atoms with Crippen molar-refractivity contribution in [3.63, 3.8) is 0 Å². The topological polar surface area (TPSA) is 46.5 Å². The molecule has 1 N–H and O–H groups in total. The van der Waals surface area contributed by atoms with E-state index in [1.807, 2.05) is 30.3 Å². The minimum Gasteiger partial charge on any atom is -0.458 e. The Labute approximate surface area is 95.4 Å². The van der Waals surface area contributed by atoms with Crippen molar-refractivity contribution in [3.8, 4) is 0 Å². The van der Waals surface area contributed by atoms with E-state index in [-0.39, 0.29) is 12.6 Å². The summed E-state index contributed by atoms with van der Waals surface area (Å²) in [5.41, 5.74) is 0.972. The van der Waals surface area contributed by atoms with E-state index in [1.165, 1.54) is 6.08 Å². The maximum Gasteiger partial charge on any atom is 0.330 e. The molecule has 0 aromatic heterocycles. The van der Waals surface area contributed by atoms with Gasteiger partial charge >= 0.3 is 5.97 Å². The highest BCUT2D eigenvalue weighted by molar-refractivity contribution is 5.81. The van der Waals surface area contributed by atoms with E-state index in [4.69, 9.17) is 9.84 Å². The van der Waals surface area contributed by atoms with Crippen molar-refractivity contribution in [1.29, 1.82) is 0 Å². The fourth-order valence-corrected chi connectivity index (χ4v) is 1.17. The smallest absolute Gasteiger partial charge is 0.330 e. The van der Waals surface area contributed by atoms with Crippen LogP contribution in [0.2, 0.25) is 0 Å². The van der Waals surface area contributed by atoms with Crippen molar-refractivity contribution in [2.75, 3.05) is 6.61 Å². The number of rotatable bonds is 6. The highest BCUT2D eigenvalue weighted by Crippen LogP contribution is 2.01. The summed E-state index contributed by atoms with van der Waals surface area (Å²) in [4.78, 5) is 11.2. The molecule has 0 aliphatic rings. The van der Waals surface area contributed by atoms with Crippen LogP contribution < -0.4 is 0 Å². The minimum atomic E-state index is -0.346. The molecule has 0 fully saturated rings. The molecule has 0 aliphatic carbocycles. The Kier molecular flexibility index (Phi) is 5.96. The normalized spacial score (nSPS) is 10.6. The molecule has 0 heterocycles. The van der Waals surface area contributed by atoms with Gasteiger partial charge in [-0.25, -0.2) is 4.79 Å². The Morgan fingerprint density at radius 3 is 2.75 bits per heavy atom. The van der Waals surface area contributed by atoms with Gasteiger partial charge in [-0.15, -0.1) is 0 Å². The first-order valence-electron chi connectivity index (χ1n) is 5.31. The van der Waals surface area contributed by atoms with Crippen LogP contribution in [0.3, 0.4) is 0 Å². The SMILES string of the molecule is O=C(/C=C\CCCO)OCc1ccccc1. The minimum absolute atomic E-state index is 0.142. The van der Waals surface area contributed by atoms with E-state index in [0.29, 0.717) is 19.4 Å². The van der Waals surface area contributed by atoms with Gasteiger partial charge in [0.25, 0.3) is 0 Å². The van der Waals surface area contributed by atoms with Crippen molar-refractivity contribution >= 4 is 5.97 Å². The molecule has 1 aromatic carbocycles. The number of hydrogen-bond donors (Lipinski definition) is 1. The number of esters is 1. The first-order chi connectivity index (χ1) is 7.83. The second-order valence-corrected chi connectivity index (χ2v) is 3.36. The van der Waals surface area contributed by atoms with E-state index in [9.17, 15) is 4.79 Å². The lowest BCUT2D eigenvalue weighted by Crippen LogP contribution is -2.00. The Morgan fingerprint density at radius 1 is 1.31 bits per heavy atom. The zero-order valence-electron chi connectivity index (χ0n) is 9.13. The molecule has 0 unspecified atom stereocenters. The standard InChI is InChI=1S/C13H16O3/c14-10-6-2-5-9-13(15)16-11-12-7-3-1-4-8-12/h1,3-5,7-9,14H,2,6,10-11H2/b9-5-. The van der Waals surface area contributed by atoms with Gasteiger partial charge in [0, 0.05) is 12.7 Å². The molecule has 86 valence electrons. The van der Waals surface area contributed by atoms with Gasteiger partial charge in [0.05, 0.1) is 0 Å². The molecule has 3 heteroatoms. The third-order valence-corrected chi connectivity index (χ3v) is 2.01. The van der Waals surface area contributed by atoms with Gasteiger partial charge in [-0.1, -0.05) is 36.4 Å². The summed E-state index contributed by atoms with van der Waals surface area (Å²) in [7, 11) is 0. The number of aliphatic hydroxyl groups excluding tert-OH is 1. The fraction of sp³-hybridized carbons (Fsp3) is 0.308. The first kappa shape index (κ1) is 12.5. The number of benzene rings is 1. The molecule has 16 heavy (non-hydrogen) atoms. The molecule has 0 saturated heterocycles. The lowest BCUT2D eigenvalue weighted by Gasteiger charge is -2.01. The second-order valence-electron chi connectivity index (χ2n) is 3.36. The zero-order valence-corrected chi connectivity index (χ0v) is 9.13. The lowest BCUT2D eigenvalue weighted by molar-refractivity contribution is -0.139. The molecular formula is C13H16O3. The summed E-state index contributed by atoms with van der Waals surface area (Å²) in [5.74, 6) is -0.346. The van der Waals surface area contributed by atoms with Crippen LogP contribution in [0.1, 0.15) is 18.4 Å². The fourth-order valence-electron chi connectivity index (χ4n) is 1.17. The number of aliphatic hydroxyl groups is 1. The van der Waals surface area contributed by atoms with Crippen molar-refractivity contribution in [3.05, 3.63) is 48.0 Å². The van der Waals surface area contributed by atoms with E-state index in [0.717, 1.165) is 5.56 Å². The molecule has 1 rings (SSSR count). The van der Waals surface area contributed by atoms with Crippen LogP contribution in [0.5, 0.6) is 0 Å². The molecule has 0 aliphatic heterocycles. The Balaban J connectivity index is 2.23. The van der Waals surface area contributed by atoms with Gasteiger partial charge in [-0.05, 0) is 18.4 Å². The van der Waals surface area contributed by atoms with Crippen molar-refractivity contribution in [2.24, 2.45) is 0 Å². The van der Waals surface area contributed by atoms with Crippen LogP contribution in [0, 0.1) is 0 Å². The van der Waals surface area contributed by atoms with E-state index in [2.05, 4.69) is 0 Å². The summed E-state index contributed by atoms with van der Waals surface area (Å²) >= 11 is 0. The zero-order chi connectivity index (χ0) is 11.6. The summed E-state index contributed by atoms with van der Waals surface area (Å²) < 4.78 is 5.02. The Hall–Kier alpha value is -1.61. The van der Waals surface area contributed by atoms with Gasteiger partial charge in [-0.2, -0.15) is 0 Å². The summed E-state index contributed by atoms with van der Waals surface area (Å²) in [5, 5.41) is 8.53. The molecule has 0 radical (unpaired) electrons. The quantitative estimate of drug-likeness (QED) is 0.453. The summed E-state index contributed by atoms with van der Waals surface area (Å²) in [6.45, 7) is 0.438. The highest BCUT2D eigenvalue weighted by Gasteiger charge is 1.97. The number of hydrogen-bond acceptors (Lipinski definition) is 3. The molecule has 0 amide bonds. The van der Waals surface area contributed by atoms with Crippen LogP contribution >= 0.6 is 0 Å². The monoisotopic (exact) mass is 220 g/mol. The van der Waals surface area contributed by atoms with Crippen LogP contribution in [-0.4, -0.2) is 17.7 Å². The maximum atomic E-state index is 11.2. The van der Waals surface area contributed by atoms with Crippen molar-refractivity contribution in [1.82, 2.24) is 0 Å². The van der Waals surface area contributed by atoms with Crippen molar-refractivity contribution < 1.29 is 14.6 Å². The number of carbonyl (C=O) groups excluding carboxylic acids is 1. The van der Waals surface area contributed by atoms with E-state index >= 15 is 0 Å². The number of allylic oxidation sites excluding steroid dienone is 1. The second kappa shape index (κ2) is 7.65. The maximum absolute atomic E-state index is 11.2. The van der Waals surface area contributed by atoms with Gasteiger partial charge in [0.2, 0.25) is 0 Å². The number of carbonyl (C=O) groups is 1. The van der Waals surface area contributed by atoms with Crippen LogP contribution in [0.25, 0.3) is 0 Å². The molecule has 1 aromatic rings. The van der Waals surface area contributed by atoms with Crippen molar-refractivity contribution in [2.45, 2.75) is 19.4 Å². The van der Waals surface area contributed by atoms with E-state index < -0.39 is 0 Å². The van der Waals surface area contributed by atoms with Crippen LogP contribution in [0.15, 0.2) is 42.5 Å². The summed E-state index contributed by atoms with van der Waals surface area (Å²) in [6.07, 6.45) is 4.47. The average molecular weight is 220 g/mol. The third-order valence-electron chi connectivity index (χ3n) is 2.01. The highest BCUT2D eigenvalue weighted by atomic mass is 16.5. The lowest BCUT2D eigenvalue weighted by atomic mass is 10.2. The van der Waals surface area contributed by atoms with Gasteiger partial charge < -0.3 is 9.84 Å². The summed E-state index contributed by atoms with van der Waals surface area (Å²) in [6, 6.07) is 9.53. The molecule has 0 atom stereocenters. The predicted octanol–water partition coefficient (Wildman–Crippen LogP) is 2.06. The van der Waals surface area contributed by atoms with Crippen LogP contribution in [0.4, 0.5) is 0 Å². The Morgan fingerprint density at radius 2 is 2.06 bits per heavy atom. The average Bonchev–Trinajstić information content (AvgIpc) is 2.33. The molecule has 0 spiro atoms. The number of ether oxygens (including phenoxy) is 1. The van der Waals surface area contributed by atoms with Gasteiger partial charge in [-0.3, -0.25) is 0 Å². The largest absolute Gasteiger partial charge is 0.458 e. The van der Waals surface area contributed by atoms with Gasteiger partial charge in [0.15, 0.2) is 0 Å². The molecule has 0 saturated carbocycles. The van der Waals surface area contributed by atoms with Gasteiger partial charge in [0.1, 0.15) is 6.61 Å². The third kappa shape index (κ3) is 5.32. The predicted molar refractivity (Wildman–Crippen MR) is 61.7 cm³/mol. The van der Waals surface area contributed by atoms with Crippen LogP contribution in [-0.2, 0) is 16.1 Å². The molecule has 3 nitrogen and oxygen atoms in total. The molecule has 0 bridgehead atoms. The number of unbranched alkanes of at least 4 members (excludes halogenated alkanes) is 1. The van der Waals surface area contributed by atoms with E-state index in [1.54, 1.807) is 6.08 Å². The molecular weight excluding hydrogens is 204 g/mol. The first-order valence-corrected chi connectivity index (χ1v) is 5.31. The Bertz CT molecular complexity index is 330.